The third-order valence-electron chi connectivity index (χ3n) is 3.21. The lowest BCUT2D eigenvalue weighted by Crippen LogP contribution is -2.26. The van der Waals surface area contributed by atoms with Gasteiger partial charge in [-0.25, -0.2) is 0 Å². The molecule has 2 aromatic heterocycles. The van der Waals surface area contributed by atoms with E-state index in [0.717, 1.165) is 48.2 Å². The van der Waals surface area contributed by atoms with Crippen LogP contribution in [-0.2, 0) is 11.3 Å². The second-order valence-corrected chi connectivity index (χ2v) is 6.76. The fraction of sp³-hybridized carbons (Fsp3) is 0.533. The molecule has 0 aliphatic heterocycles. The van der Waals surface area contributed by atoms with Gasteiger partial charge in [0, 0.05) is 13.1 Å². The van der Waals surface area contributed by atoms with E-state index in [1.54, 1.807) is 11.3 Å². The summed E-state index contributed by atoms with van der Waals surface area (Å²) in [6, 6.07) is 4.04. The van der Waals surface area contributed by atoms with Gasteiger partial charge >= 0.3 is 0 Å². The van der Waals surface area contributed by atoms with Crippen LogP contribution in [0.4, 0.5) is 0 Å². The number of carbonyl (C=O) groups is 1. The van der Waals surface area contributed by atoms with E-state index >= 15 is 0 Å². The number of amides is 1. The van der Waals surface area contributed by atoms with Gasteiger partial charge in [-0.2, -0.15) is 0 Å². The molecule has 2 rings (SSSR count). The lowest BCUT2D eigenvalue weighted by atomic mass is 10.2. The van der Waals surface area contributed by atoms with Crippen molar-refractivity contribution < 1.29 is 4.79 Å². The van der Waals surface area contributed by atoms with Crippen molar-refractivity contribution in [1.29, 1.82) is 0 Å². The van der Waals surface area contributed by atoms with Crippen LogP contribution in [0.3, 0.4) is 0 Å². The Labute approximate surface area is 139 Å². The van der Waals surface area contributed by atoms with Crippen molar-refractivity contribution in [3.8, 4) is 10.7 Å². The van der Waals surface area contributed by atoms with E-state index in [2.05, 4.69) is 33.9 Å². The monoisotopic (exact) mass is 338 g/mol. The number of rotatable bonds is 9. The lowest BCUT2D eigenvalue weighted by Gasteiger charge is -2.06. The molecular weight excluding hydrogens is 316 g/mol. The largest absolute Gasteiger partial charge is 0.355 e. The van der Waals surface area contributed by atoms with Crippen molar-refractivity contribution in [3.63, 3.8) is 0 Å². The van der Waals surface area contributed by atoms with Crippen molar-refractivity contribution >= 4 is 29.0 Å². The van der Waals surface area contributed by atoms with Gasteiger partial charge in [-0.3, -0.25) is 4.79 Å². The SMILES string of the molecule is CCCCCNC(=O)CSc1nnc(-c2cccs2)n1CC. The lowest BCUT2D eigenvalue weighted by molar-refractivity contribution is -0.118. The van der Waals surface area contributed by atoms with Gasteiger partial charge in [-0.1, -0.05) is 37.6 Å². The quantitative estimate of drug-likeness (QED) is 0.562. The third-order valence-corrected chi connectivity index (χ3v) is 5.04. The Morgan fingerprint density at radius 2 is 2.23 bits per heavy atom. The second kappa shape index (κ2) is 8.95. The minimum Gasteiger partial charge on any atom is -0.355 e. The highest BCUT2D eigenvalue weighted by atomic mass is 32.2. The van der Waals surface area contributed by atoms with Crippen molar-refractivity contribution in [2.75, 3.05) is 12.3 Å². The summed E-state index contributed by atoms with van der Waals surface area (Å²) in [4.78, 5) is 12.9. The van der Waals surface area contributed by atoms with E-state index in [1.807, 2.05) is 17.5 Å². The normalized spacial score (nSPS) is 10.8. The van der Waals surface area contributed by atoms with Gasteiger partial charge in [0.05, 0.1) is 10.6 Å². The molecule has 0 aliphatic carbocycles. The van der Waals surface area contributed by atoms with Crippen LogP contribution in [-0.4, -0.2) is 33.0 Å². The molecule has 0 unspecified atom stereocenters. The molecule has 5 nitrogen and oxygen atoms in total. The highest BCUT2D eigenvalue weighted by molar-refractivity contribution is 7.99. The molecule has 1 N–H and O–H groups in total. The number of thioether (sulfide) groups is 1. The number of hydrogen-bond acceptors (Lipinski definition) is 5. The number of carbonyl (C=O) groups excluding carboxylic acids is 1. The highest BCUT2D eigenvalue weighted by Crippen LogP contribution is 2.26. The Bertz CT molecular complexity index is 580. The van der Waals surface area contributed by atoms with E-state index in [1.165, 1.54) is 11.8 Å². The van der Waals surface area contributed by atoms with Crippen LogP contribution in [0.1, 0.15) is 33.1 Å². The highest BCUT2D eigenvalue weighted by Gasteiger charge is 2.14. The maximum absolute atomic E-state index is 11.8. The Kier molecular flexibility index (Phi) is 6.92. The number of unbranched alkanes of at least 4 members (excludes halogenated alkanes) is 2. The Balaban J connectivity index is 1.89. The number of hydrogen-bond donors (Lipinski definition) is 1. The molecular formula is C15H22N4OS2. The van der Waals surface area contributed by atoms with E-state index in [9.17, 15) is 4.79 Å². The summed E-state index contributed by atoms with van der Waals surface area (Å²) in [5.41, 5.74) is 0. The first kappa shape index (κ1) is 17.0. The maximum Gasteiger partial charge on any atom is 0.230 e. The average Bonchev–Trinajstić information content (AvgIpc) is 3.17. The first-order chi connectivity index (χ1) is 10.8. The Hall–Kier alpha value is -1.34. The Morgan fingerprint density at radius 1 is 1.36 bits per heavy atom. The molecule has 0 saturated heterocycles. The third kappa shape index (κ3) is 4.58. The minimum absolute atomic E-state index is 0.0597. The summed E-state index contributed by atoms with van der Waals surface area (Å²) in [7, 11) is 0. The van der Waals surface area contributed by atoms with Gasteiger partial charge in [0.15, 0.2) is 11.0 Å². The molecule has 22 heavy (non-hydrogen) atoms. The summed E-state index contributed by atoms with van der Waals surface area (Å²) < 4.78 is 2.06. The van der Waals surface area contributed by atoms with Crippen LogP contribution >= 0.6 is 23.1 Å². The Morgan fingerprint density at radius 3 is 2.91 bits per heavy atom. The molecule has 7 heteroatoms. The zero-order chi connectivity index (χ0) is 15.8. The minimum atomic E-state index is 0.0597. The molecule has 0 aromatic carbocycles. The molecule has 0 aliphatic rings. The van der Waals surface area contributed by atoms with Crippen LogP contribution in [0.25, 0.3) is 10.7 Å². The summed E-state index contributed by atoms with van der Waals surface area (Å²) in [5, 5.41) is 14.3. The molecule has 0 bridgehead atoms. The number of nitrogens with one attached hydrogen (secondary N) is 1. The van der Waals surface area contributed by atoms with Gasteiger partial charge in [0.1, 0.15) is 0 Å². The molecule has 0 spiro atoms. The topological polar surface area (TPSA) is 59.8 Å². The molecule has 0 saturated carbocycles. The summed E-state index contributed by atoms with van der Waals surface area (Å²) >= 11 is 3.09. The van der Waals surface area contributed by atoms with Crippen LogP contribution in [0.5, 0.6) is 0 Å². The van der Waals surface area contributed by atoms with Gasteiger partial charge in [-0.15, -0.1) is 21.5 Å². The van der Waals surface area contributed by atoms with Gasteiger partial charge in [0.2, 0.25) is 5.91 Å². The van der Waals surface area contributed by atoms with Gasteiger partial charge < -0.3 is 9.88 Å². The molecule has 2 heterocycles. The molecule has 0 atom stereocenters. The van der Waals surface area contributed by atoms with Crippen molar-refractivity contribution in [2.45, 2.75) is 44.8 Å². The molecule has 0 radical (unpaired) electrons. The molecule has 0 fully saturated rings. The standard InChI is InChI=1S/C15H22N4OS2/c1-3-5-6-9-16-13(20)11-22-15-18-17-14(19(15)4-2)12-8-7-10-21-12/h7-8,10H,3-6,9,11H2,1-2H3,(H,16,20). The van der Waals surface area contributed by atoms with Crippen molar-refractivity contribution in [1.82, 2.24) is 20.1 Å². The summed E-state index contributed by atoms with van der Waals surface area (Å²) in [6.45, 7) is 5.77. The first-order valence-corrected chi connectivity index (χ1v) is 9.49. The zero-order valence-corrected chi connectivity index (χ0v) is 14.7. The number of nitrogens with zero attached hydrogens (tertiary/aromatic N) is 3. The van der Waals surface area contributed by atoms with Gasteiger partial charge in [-0.05, 0) is 24.8 Å². The molecule has 120 valence electrons. The van der Waals surface area contributed by atoms with E-state index in [-0.39, 0.29) is 5.91 Å². The van der Waals surface area contributed by atoms with Crippen molar-refractivity contribution in [3.05, 3.63) is 17.5 Å². The van der Waals surface area contributed by atoms with Crippen molar-refractivity contribution in [2.24, 2.45) is 0 Å². The molecule has 2 aromatic rings. The second-order valence-electron chi connectivity index (χ2n) is 4.87. The first-order valence-electron chi connectivity index (χ1n) is 7.62. The van der Waals surface area contributed by atoms with E-state index in [4.69, 9.17) is 0 Å². The fourth-order valence-electron chi connectivity index (χ4n) is 2.05. The summed E-state index contributed by atoms with van der Waals surface area (Å²) in [5.74, 6) is 1.32. The smallest absolute Gasteiger partial charge is 0.230 e. The van der Waals surface area contributed by atoms with Crippen LogP contribution in [0.2, 0.25) is 0 Å². The maximum atomic E-state index is 11.8. The van der Waals surface area contributed by atoms with Gasteiger partial charge in [0.25, 0.3) is 0 Å². The number of thiophene rings is 1. The fourth-order valence-corrected chi connectivity index (χ4v) is 3.60. The predicted octanol–water partition coefficient (Wildman–Crippen LogP) is 3.43. The van der Waals surface area contributed by atoms with Crippen LogP contribution in [0, 0.1) is 0 Å². The number of aromatic nitrogens is 3. The van der Waals surface area contributed by atoms with Crippen LogP contribution in [0.15, 0.2) is 22.7 Å². The van der Waals surface area contributed by atoms with E-state index < -0.39 is 0 Å². The van der Waals surface area contributed by atoms with Crippen LogP contribution < -0.4 is 5.32 Å². The summed E-state index contributed by atoms with van der Waals surface area (Å²) in [6.07, 6.45) is 3.36. The predicted molar refractivity (Wildman–Crippen MR) is 92.3 cm³/mol. The molecule has 1 amide bonds. The zero-order valence-electron chi connectivity index (χ0n) is 13.0. The van der Waals surface area contributed by atoms with E-state index in [0.29, 0.717) is 5.75 Å². The average molecular weight is 339 g/mol.